The number of benzene rings is 3. The first-order valence-corrected chi connectivity index (χ1v) is 10.2. The van der Waals surface area contributed by atoms with E-state index in [1.165, 1.54) is 17.0 Å². The first-order valence-electron chi connectivity index (χ1n) is 9.79. The monoisotopic (exact) mass is 445 g/mol. The number of hydrogen-bond donors (Lipinski definition) is 2. The largest absolute Gasteiger partial charge is 0.506 e. The van der Waals surface area contributed by atoms with Gasteiger partial charge in [-0.2, -0.15) is 0 Å². The molecule has 1 atom stereocenters. The number of carbonyl (C=O) groups is 2. The third kappa shape index (κ3) is 3.13. The lowest BCUT2D eigenvalue weighted by Gasteiger charge is -2.27. The predicted molar refractivity (Wildman–Crippen MR) is 120 cm³/mol. The smallest absolute Gasteiger partial charge is 0.294 e. The van der Waals surface area contributed by atoms with E-state index in [9.17, 15) is 19.8 Å². The minimum Gasteiger partial charge on any atom is -0.506 e. The minimum atomic E-state index is -0.969. The number of para-hydroxylation sites is 2. The summed E-state index contributed by atoms with van der Waals surface area (Å²) in [5.74, 6) is -2.12. The van der Waals surface area contributed by atoms with E-state index in [0.29, 0.717) is 16.8 Å². The van der Waals surface area contributed by atoms with Crippen LogP contribution in [0.2, 0.25) is 5.02 Å². The Morgan fingerprint density at radius 3 is 2.38 bits per heavy atom. The number of hydrogen-bond acceptors (Lipinski definition) is 5. The van der Waals surface area contributed by atoms with Crippen LogP contribution in [0.15, 0.2) is 94.6 Å². The number of fused-ring (bicyclic) bond motifs is 1. The molecule has 1 aliphatic heterocycles. The van der Waals surface area contributed by atoms with Crippen LogP contribution in [0.5, 0.6) is 5.75 Å². The number of amides is 1. The summed E-state index contributed by atoms with van der Waals surface area (Å²) < 4.78 is 5.70. The van der Waals surface area contributed by atoms with E-state index in [-0.39, 0.29) is 22.1 Å². The molecule has 0 bridgehead atoms. The summed E-state index contributed by atoms with van der Waals surface area (Å²) >= 11 is 6.12. The van der Waals surface area contributed by atoms with Crippen LogP contribution in [0, 0.1) is 0 Å². The Morgan fingerprint density at radius 1 is 0.938 bits per heavy atom. The number of Topliss-reactive ketones (excluding diaryl/α,β-unsaturated/α-hetero) is 1. The maximum absolute atomic E-state index is 13.5. The first-order chi connectivity index (χ1) is 15.5. The zero-order chi connectivity index (χ0) is 22.4. The van der Waals surface area contributed by atoms with Crippen molar-refractivity contribution >= 4 is 39.9 Å². The van der Waals surface area contributed by atoms with Gasteiger partial charge in [-0.1, -0.05) is 54.1 Å². The number of phenolic OH excluding ortho intramolecular Hbond substituents is 1. The van der Waals surface area contributed by atoms with Gasteiger partial charge in [0, 0.05) is 11.1 Å². The molecule has 0 saturated heterocycles. The molecule has 5 rings (SSSR count). The van der Waals surface area contributed by atoms with E-state index < -0.39 is 23.5 Å². The molecular weight excluding hydrogens is 430 g/mol. The fraction of sp³-hybridized carbons (Fsp3) is 0.0400. The summed E-state index contributed by atoms with van der Waals surface area (Å²) in [4.78, 5) is 28.0. The Morgan fingerprint density at radius 2 is 1.66 bits per heavy atom. The second kappa shape index (κ2) is 7.59. The van der Waals surface area contributed by atoms with E-state index in [1.54, 1.807) is 60.7 Å². The van der Waals surface area contributed by atoms with Gasteiger partial charge in [-0.15, -0.1) is 0 Å². The number of aromatic hydroxyl groups is 1. The van der Waals surface area contributed by atoms with E-state index >= 15 is 0 Å². The molecule has 0 saturated carbocycles. The number of ketones is 1. The molecule has 4 aromatic rings. The molecule has 2 N–H and O–H groups in total. The van der Waals surface area contributed by atoms with E-state index in [0.717, 1.165) is 5.39 Å². The van der Waals surface area contributed by atoms with Gasteiger partial charge in [-0.25, -0.2) is 0 Å². The van der Waals surface area contributed by atoms with Gasteiger partial charge < -0.3 is 14.6 Å². The number of anilines is 1. The summed E-state index contributed by atoms with van der Waals surface area (Å²) in [6.07, 6.45) is 0. The maximum atomic E-state index is 13.5. The Hall–Kier alpha value is -4.03. The van der Waals surface area contributed by atoms with Crippen molar-refractivity contribution in [2.45, 2.75) is 6.04 Å². The fourth-order valence-corrected chi connectivity index (χ4v) is 4.12. The third-order valence-corrected chi connectivity index (χ3v) is 5.73. The van der Waals surface area contributed by atoms with Crippen molar-refractivity contribution < 1.29 is 24.2 Å². The molecule has 0 aliphatic carbocycles. The second-order valence-electron chi connectivity index (χ2n) is 7.36. The van der Waals surface area contributed by atoms with Crippen molar-refractivity contribution in [1.82, 2.24) is 0 Å². The number of aliphatic hydroxyl groups excluding tert-OH is 1. The minimum absolute atomic E-state index is 0.00494. The molecule has 1 amide bonds. The Balaban J connectivity index is 1.68. The summed E-state index contributed by atoms with van der Waals surface area (Å²) in [6, 6.07) is 20.9. The number of furan rings is 1. The lowest BCUT2D eigenvalue weighted by molar-refractivity contribution is -0.117. The van der Waals surface area contributed by atoms with Crippen LogP contribution in [0.4, 0.5) is 5.69 Å². The molecule has 1 aliphatic rings. The van der Waals surface area contributed by atoms with Crippen molar-refractivity contribution in [2.75, 3.05) is 4.90 Å². The lowest BCUT2D eigenvalue weighted by Crippen LogP contribution is -2.31. The van der Waals surface area contributed by atoms with E-state index in [4.69, 9.17) is 16.0 Å². The second-order valence-corrected chi connectivity index (χ2v) is 7.77. The fourth-order valence-electron chi connectivity index (χ4n) is 3.93. The summed E-state index contributed by atoms with van der Waals surface area (Å²) in [7, 11) is 0. The van der Waals surface area contributed by atoms with Crippen LogP contribution >= 0.6 is 11.6 Å². The molecule has 0 fully saturated rings. The molecule has 7 heteroatoms. The Kier molecular flexibility index (Phi) is 4.72. The molecule has 1 aromatic heterocycles. The molecular formula is C25H16ClNO5. The van der Waals surface area contributed by atoms with Gasteiger partial charge >= 0.3 is 0 Å². The Labute approximate surface area is 187 Å². The highest BCUT2D eigenvalue weighted by Gasteiger charge is 2.45. The zero-order valence-electron chi connectivity index (χ0n) is 16.5. The summed E-state index contributed by atoms with van der Waals surface area (Å²) in [5, 5.41) is 21.4. The van der Waals surface area contributed by atoms with Crippen molar-refractivity contribution in [3.8, 4) is 5.75 Å². The molecule has 158 valence electrons. The van der Waals surface area contributed by atoms with Gasteiger partial charge in [0.05, 0.1) is 16.6 Å². The number of halogens is 1. The van der Waals surface area contributed by atoms with E-state index in [1.807, 2.05) is 6.07 Å². The van der Waals surface area contributed by atoms with Crippen LogP contribution in [-0.4, -0.2) is 21.9 Å². The molecule has 32 heavy (non-hydrogen) atoms. The molecule has 3 aromatic carbocycles. The standard InChI is InChI=1S/C25H16ClNO5/c26-17-12-15(10-11-18(17)28)22-21(23(29)20-13-14-6-4-5-9-19(14)32-20)24(30)25(31)27(22)16-7-2-1-3-8-16/h1-13,22,28,30H. The van der Waals surface area contributed by atoms with Crippen LogP contribution in [0.1, 0.15) is 22.2 Å². The normalized spacial score (nSPS) is 16.2. The van der Waals surface area contributed by atoms with Crippen molar-refractivity contribution in [3.05, 3.63) is 107 Å². The quantitative estimate of drug-likeness (QED) is 0.400. The average molecular weight is 446 g/mol. The van der Waals surface area contributed by atoms with Gasteiger partial charge in [0.25, 0.3) is 5.91 Å². The number of phenols is 1. The van der Waals surface area contributed by atoms with Crippen molar-refractivity contribution in [1.29, 1.82) is 0 Å². The SMILES string of the molecule is O=C(C1=C(O)C(=O)N(c2ccccc2)C1c1ccc(O)c(Cl)c1)c1cc2ccccc2o1. The molecule has 0 spiro atoms. The first kappa shape index (κ1) is 19.9. The lowest BCUT2D eigenvalue weighted by atomic mass is 9.94. The van der Waals surface area contributed by atoms with Crippen LogP contribution in [0.3, 0.4) is 0 Å². The highest BCUT2D eigenvalue weighted by Crippen LogP contribution is 2.43. The zero-order valence-corrected chi connectivity index (χ0v) is 17.3. The number of rotatable bonds is 4. The number of carbonyl (C=O) groups excluding carboxylic acids is 2. The highest BCUT2D eigenvalue weighted by atomic mass is 35.5. The summed E-state index contributed by atoms with van der Waals surface area (Å²) in [6.45, 7) is 0. The van der Waals surface area contributed by atoms with Gasteiger partial charge in [-0.3, -0.25) is 14.5 Å². The summed E-state index contributed by atoms with van der Waals surface area (Å²) in [5.41, 5.74) is 1.34. The van der Waals surface area contributed by atoms with Crippen molar-refractivity contribution in [3.63, 3.8) is 0 Å². The van der Waals surface area contributed by atoms with Gasteiger partial charge in [0.2, 0.25) is 5.78 Å². The van der Waals surface area contributed by atoms with Crippen LogP contribution < -0.4 is 4.90 Å². The third-order valence-electron chi connectivity index (χ3n) is 5.42. The molecule has 6 nitrogen and oxygen atoms in total. The van der Waals surface area contributed by atoms with Crippen molar-refractivity contribution in [2.24, 2.45) is 0 Å². The maximum Gasteiger partial charge on any atom is 0.294 e. The van der Waals surface area contributed by atoms with Crippen LogP contribution in [0.25, 0.3) is 11.0 Å². The molecule has 0 radical (unpaired) electrons. The molecule has 1 unspecified atom stereocenters. The predicted octanol–water partition coefficient (Wildman–Crippen LogP) is 5.57. The van der Waals surface area contributed by atoms with Gasteiger partial charge in [0.15, 0.2) is 11.5 Å². The topological polar surface area (TPSA) is 91.0 Å². The van der Waals surface area contributed by atoms with Gasteiger partial charge in [0.1, 0.15) is 11.3 Å². The number of nitrogens with zero attached hydrogens (tertiary/aromatic N) is 1. The van der Waals surface area contributed by atoms with Crippen LogP contribution in [-0.2, 0) is 4.79 Å². The van der Waals surface area contributed by atoms with E-state index in [2.05, 4.69) is 0 Å². The molecule has 2 heterocycles. The highest BCUT2D eigenvalue weighted by molar-refractivity contribution is 6.32. The van der Waals surface area contributed by atoms with Gasteiger partial charge in [-0.05, 0) is 42.0 Å². The average Bonchev–Trinajstić information content (AvgIpc) is 3.35. The number of aliphatic hydroxyl groups is 1. The Bertz CT molecular complexity index is 1370.